The van der Waals surface area contributed by atoms with E-state index in [4.69, 9.17) is 0 Å². The SMILES string of the molecule is O=C(Nc1cc(F)ccc1F)N1CCc2c(sc3nc(-c4ccccc4)nn23)C1. The maximum Gasteiger partial charge on any atom is 0.322 e. The maximum absolute atomic E-state index is 13.8. The Labute approximate surface area is 168 Å². The molecule has 0 atom stereocenters. The van der Waals surface area contributed by atoms with Crippen LogP contribution in [0.15, 0.2) is 48.5 Å². The number of carbonyl (C=O) groups excluding carboxylic acids is 1. The highest BCUT2D eigenvalue weighted by Crippen LogP contribution is 2.30. The van der Waals surface area contributed by atoms with Gasteiger partial charge >= 0.3 is 6.03 Å². The van der Waals surface area contributed by atoms with Crippen LogP contribution in [0.25, 0.3) is 16.3 Å². The van der Waals surface area contributed by atoms with Crippen molar-refractivity contribution in [2.75, 3.05) is 11.9 Å². The van der Waals surface area contributed by atoms with E-state index in [0.717, 1.165) is 39.3 Å². The predicted octanol–water partition coefficient (Wildman–Crippen LogP) is 4.33. The van der Waals surface area contributed by atoms with Gasteiger partial charge in [-0.25, -0.2) is 18.1 Å². The molecule has 0 spiro atoms. The van der Waals surface area contributed by atoms with E-state index in [2.05, 4.69) is 15.4 Å². The summed E-state index contributed by atoms with van der Waals surface area (Å²) in [6.07, 6.45) is 0.603. The Bertz CT molecular complexity index is 1220. The van der Waals surface area contributed by atoms with Crippen LogP contribution < -0.4 is 5.32 Å². The number of amides is 2. The van der Waals surface area contributed by atoms with Gasteiger partial charge in [0.05, 0.1) is 17.9 Å². The lowest BCUT2D eigenvalue weighted by molar-refractivity contribution is 0.206. The summed E-state index contributed by atoms with van der Waals surface area (Å²) in [6.45, 7) is 0.816. The predicted molar refractivity (Wildman–Crippen MR) is 106 cm³/mol. The highest BCUT2D eigenvalue weighted by molar-refractivity contribution is 7.17. The van der Waals surface area contributed by atoms with Gasteiger partial charge in [-0.1, -0.05) is 41.7 Å². The van der Waals surface area contributed by atoms with Gasteiger partial charge in [0.2, 0.25) is 4.96 Å². The van der Waals surface area contributed by atoms with E-state index in [1.54, 1.807) is 4.90 Å². The van der Waals surface area contributed by atoms with Crippen LogP contribution in [0.1, 0.15) is 10.6 Å². The van der Waals surface area contributed by atoms with Crippen molar-refractivity contribution in [1.82, 2.24) is 19.5 Å². The van der Waals surface area contributed by atoms with Crippen molar-refractivity contribution in [3.8, 4) is 11.4 Å². The average Bonchev–Trinajstić information content (AvgIpc) is 3.29. The van der Waals surface area contributed by atoms with Gasteiger partial charge in [-0.15, -0.1) is 5.10 Å². The molecule has 0 saturated carbocycles. The lowest BCUT2D eigenvalue weighted by Crippen LogP contribution is -2.39. The number of urea groups is 1. The second-order valence-electron chi connectivity index (χ2n) is 6.69. The van der Waals surface area contributed by atoms with E-state index >= 15 is 0 Å². The summed E-state index contributed by atoms with van der Waals surface area (Å²) in [7, 11) is 0. The number of rotatable bonds is 2. The van der Waals surface area contributed by atoms with E-state index in [-0.39, 0.29) is 5.69 Å². The fourth-order valence-electron chi connectivity index (χ4n) is 3.36. The Balaban J connectivity index is 1.37. The van der Waals surface area contributed by atoms with Crippen molar-refractivity contribution in [3.05, 3.63) is 70.7 Å². The Hall–Kier alpha value is -3.33. The number of carbonyl (C=O) groups is 1. The molecule has 0 bridgehead atoms. The number of nitrogens with zero attached hydrogens (tertiary/aromatic N) is 4. The molecule has 2 amide bonds. The van der Waals surface area contributed by atoms with E-state index < -0.39 is 17.7 Å². The lowest BCUT2D eigenvalue weighted by atomic mass is 10.2. The van der Waals surface area contributed by atoms with Crippen molar-refractivity contribution in [1.29, 1.82) is 0 Å². The van der Waals surface area contributed by atoms with Gasteiger partial charge in [-0.3, -0.25) is 0 Å². The number of fused-ring (bicyclic) bond motifs is 3. The molecule has 2 aromatic heterocycles. The molecule has 29 heavy (non-hydrogen) atoms. The monoisotopic (exact) mass is 411 g/mol. The highest BCUT2D eigenvalue weighted by atomic mass is 32.1. The molecule has 0 fully saturated rings. The molecule has 0 saturated heterocycles. The van der Waals surface area contributed by atoms with Crippen molar-refractivity contribution >= 4 is 28.0 Å². The Morgan fingerprint density at radius 2 is 1.97 bits per heavy atom. The van der Waals surface area contributed by atoms with Crippen LogP contribution in [0.5, 0.6) is 0 Å². The molecular formula is C20H15F2N5OS. The van der Waals surface area contributed by atoms with E-state index in [9.17, 15) is 13.6 Å². The fourth-order valence-corrected chi connectivity index (χ4v) is 4.48. The Morgan fingerprint density at radius 1 is 1.14 bits per heavy atom. The maximum atomic E-state index is 13.8. The third-order valence-corrected chi connectivity index (χ3v) is 5.87. The number of nitrogens with one attached hydrogen (secondary N) is 1. The van der Waals surface area contributed by atoms with E-state index in [1.807, 2.05) is 34.8 Å². The molecule has 0 unspecified atom stereocenters. The number of anilines is 1. The minimum absolute atomic E-state index is 0.170. The summed E-state index contributed by atoms with van der Waals surface area (Å²) >= 11 is 1.48. The summed E-state index contributed by atoms with van der Waals surface area (Å²) < 4.78 is 29.0. The first-order chi connectivity index (χ1) is 14.1. The van der Waals surface area contributed by atoms with Gasteiger partial charge in [0.15, 0.2) is 5.82 Å². The largest absolute Gasteiger partial charge is 0.322 e. The molecule has 5 rings (SSSR count). The van der Waals surface area contributed by atoms with Crippen LogP contribution in [0.2, 0.25) is 0 Å². The van der Waals surface area contributed by atoms with Crippen LogP contribution in [0, 0.1) is 11.6 Å². The van der Waals surface area contributed by atoms with Crippen molar-refractivity contribution in [2.45, 2.75) is 13.0 Å². The molecule has 6 nitrogen and oxygen atoms in total. The molecule has 4 aromatic rings. The molecule has 1 aliphatic heterocycles. The second-order valence-corrected chi connectivity index (χ2v) is 7.76. The molecule has 1 aliphatic rings. The van der Waals surface area contributed by atoms with Gasteiger partial charge in [-0.05, 0) is 12.1 Å². The van der Waals surface area contributed by atoms with Crippen molar-refractivity contribution < 1.29 is 13.6 Å². The zero-order valence-corrected chi connectivity index (χ0v) is 15.9. The average molecular weight is 411 g/mol. The van der Waals surface area contributed by atoms with Crippen LogP contribution in [-0.4, -0.2) is 32.1 Å². The number of halogens is 2. The molecule has 1 N–H and O–H groups in total. The van der Waals surface area contributed by atoms with Gasteiger partial charge in [0.1, 0.15) is 11.6 Å². The molecule has 3 heterocycles. The third-order valence-electron chi connectivity index (χ3n) is 4.81. The third kappa shape index (κ3) is 3.23. The molecule has 9 heteroatoms. The van der Waals surface area contributed by atoms with E-state index in [0.29, 0.717) is 25.3 Å². The standard InChI is InChI=1S/C20H15F2N5OS/c21-13-6-7-14(22)15(10-13)23-19(28)26-9-8-16-17(11-26)29-20-24-18(25-27(16)20)12-4-2-1-3-5-12/h1-7,10H,8-9,11H2,(H,23,28). The van der Waals surface area contributed by atoms with Gasteiger partial charge < -0.3 is 10.2 Å². The second kappa shape index (κ2) is 6.93. The normalized spacial score (nSPS) is 13.5. The summed E-state index contributed by atoms with van der Waals surface area (Å²) in [5, 5.41) is 7.07. The van der Waals surface area contributed by atoms with Crippen molar-refractivity contribution in [3.63, 3.8) is 0 Å². The highest BCUT2D eigenvalue weighted by Gasteiger charge is 2.26. The topological polar surface area (TPSA) is 62.5 Å². The Morgan fingerprint density at radius 3 is 2.79 bits per heavy atom. The number of thiazole rings is 1. The summed E-state index contributed by atoms with van der Waals surface area (Å²) in [5.74, 6) is -0.617. The first kappa shape index (κ1) is 17.7. The quantitative estimate of drug-likeness (QED) is 0.534. The molecular weight excluding hydrogens is 396 g/mol. The van der Waals surface area contributed by atoms with Crippen LogP contribution in [-0.2, 0) is 13.0 Å². The number of benzene rings is 2. The molecule has 2 aromatic carbocycles. The van der Waals surface area contributed by atoms with E-state index in [1.165, 1.54) is 11.3 Å². The smallest absolute Gasteiger partial charge is 0.319 e. The van der Waals surface area contributed by atoms with Gasteiger partial charge in [0, 0.05) is 29.5 Å². The van der Waals surface area contributed by atoms with Crippen LogP contribution in [0.4, 0.5) is 19.3 Å². The lowest BCUT2D eigenvalue weighted by Gasteiger charge is -2.26. The first-order valence-electron chi connectivity index (χ1n) is 9.02. The number of aromatic nitrogens is 3. The molecule has 0 aliphatic carbocycles. The molecule has 146 valence electrons. The van der Waals surface area contributed by atoms with Gasteiger partial charge in [0.25, 0.3) is 0 Å². The number of hydrogen-bond donors (Lipinski definition) is 1. The first-order valence-corrected chi connectivity index (χ1v) is 9.84. The zero-order valence-electron chi connectivity index (χ0n) is 15.1. The van der Waals surface area contributed by atoms with Crippen LogP contribution in [0.3, 0.4) is 0 Å². The minimum atomic E-state index is -0.676. The van der Waals surface area contributed by atoms with Gasteiger partial charge in [-0.2, -0.15) is 4.98 Å². The van der Waals surface area contributed by atoms with Crippen molar-refractivity contribution in [2.24, 2.45) is 0 Å². The minimum Gasteiger partial charge on any atom is -0.319 e. The summed E-state index contributed by atoms with van der Waals surface area (Å²) in [5.41, 5.74) is 1.81. The Kier molecular flexibility index (Phi) is 4.24. The number of hydrogen-bond acceptors (Lipinski definition) is 4. The summed E-state index contributed by atoms with van der Waals surface area (Å²) in [6, 6.07) is 12.3. The van der Waals surface area contributed by atoms with Crippen LogP contribution >= 0.6 is 11.3 Å². The fraction of sp³-hybridized carbons (Fsp3) is 0.150. The molecule has 0 radical (unpaired) electrons. The summed E-state index contributed by atoms with van der Waals surface area (Å²) in [4.78, 5) is 20.5. The zero-order chi connectivity index (χ0) is 20.0.